The highest BCUT2D eigenvalue weighted by Crippen LogP contribution is 2.25. The number of nitrogens with zero attached hydrogens (tertiary/aromatic N) is 2. The molecule has 1 aromatic heterocycles. The normalized spacial score (nSPS) is 18.1. The van der Waals surface area contributed by atoms with E-state index in [1.54, 1.807) is 16.8 Å². The molecule has 0 aliphatic carbocycles. The molecule has 5 heteroatoms. The van der Waals surface area contributed by atoms with Crippen molar-refractivity contribution in [3.63, 3.8) is 0 Å². The van der Waals surface area contributed by atoms with E-state index < -0.39 is 5.97 Å². The number of carboxylic acids is 1. The Balaban J connectivity index is 1.94. The number of hydrogen-bond acceptors (Lipinski definition) is 3. The van der Waals surface area contributed by atoms with Crippen LogP contribution in [0, 0.1) is 5.92 Å². The van der Waals surface area contributed by atoms with E-state index in [2.05, 4.69) is 11.5 Å². The second-order valence-electron chi connectivity index (χ2n) is 5.96. The lowest BCUT2D eigenvalue weighted by molar-refractivity contribution is -0.141. The summed E-state index contributed by atoms with van der Waals surface area (Å²) in [5, 5.41) is 10.8. The molecule has 3 rings (SSSR count). The molecule has 1 saturated heterocycles. The van der Waals surface area contributed by atoms with Gasteiger partial charge < -0.3 is 14.6 Å². The van der Waals surface area contributed by atoms with Crippen LogP contribution in [0.3, 0.4) is 0 Å². The maximum Gasteiger partial charge on any atom is 0.308 e. The van der Waals surface area contributed by atoms with Gasteiger partial charge in [-0.2, -0.15) is 0 Å². The molecular weight excluding hydrogens is 292 g/mol. The number of benzene rings is 1. The zero-order chi connectivity index (χ0) is 16.4. The van der Waals surface area contributed by atoms with Crippen LogP contribution in [0.1, 0.15) is 12.8 Å². The predicted octanol–water partition coefficient (Wildman–Crippen LogP) is 2.49. The van der Waals surface area contributed by atoms with Gasteiger partial charge in [-0.15, -0.1) is 6.58 Å². The van der Waals surface area contributed by atoms with Crippen LogP contribution in [-0.2, 0) is 11.3 Å². The molecule has 1 aromatic carbocycles. The summed E-state index contributed by atoms with van der Waals surface area (Å²) in [6, 6.07) is 7.63. The van der Waals surface area contributed by atoms with Crippen LogP contribution in [0.25, 0.3) is 10.8 Å². The van der Waals surface area contributed by atoms with Crippen LogP contribution in [-0.4, -0.2) is 28.7 Å². The number of carbonyl (C=O) groups is 1. The number of aromatic nitrogens is 1. The number of pyridine rings is 1. The number of allylic oxidation sites excluding steroid dienone is 1. The van der Waals surface area contributed by atoms with Crippen molar-refractivity contribution >= 4 is 22.4 Å². The van der Waals surface area contributed by atoms with Crippen LogP contribution in [0.2, 0.25) is 0 Å². The smallest absolute Gasteiger partial charge is 0.308 e. The molecule has 1 N–H and O–H groups in total. The molecule has 0 radical (unpaired) electrons. The summed E-state index contributed by atoms with van der Waals surface area (Å²) in [5.41, 5.74) is 0.945. The summed E-state index contributed by atoms with van der Waals surface area (Å²) in [5.74, 6) is -1.05. The van der Waals surface area contributed by atoms with Gasteiger partial charge in [-0.25, -0.2) is 0 Å². The third kappa shape index (κ3) is 2.99. The molecule has 0 spiro atoms. The van der Waals surface area contributed by atoms with E-state index in [4.69, 9.17) is 0 Å². The minimum atomic E-state index is -0.734. The Bertz CT molecular complexity index is 810. The maximum absolute atomic E-state index is 12.4. The number of rotatable bonds is 4. The Kier molecular flexibility index (Phi) is 4.19. The molecule has 0 bridgehead atoms. The SMILES string of the molecule is C=CCn1ccc2cc(N3CCCC(C(=O)O)C3)ccc2c1=O. The lowest BCUT2D eigenvalue weighted by Gasteiger charge is -2.32. The van der Waals surface area contributed by atoms with Crippen molar-refractivity contribution in [2.75, 3.05) is 18.0 Å². The van der Waals surface area contributed by atoms with Gasteiger partial charge >= 0.3 is 5.97 Å². The van der Waals surface area contributed by atoms with Crippen molar-refractivity contribution in [2.24, 2.45) is 5.92 Å². The van der Waals surface area contributed by atoms with Gasteiger partial charge in [0.1, 0.15) is 0 Å². The Hall–Kier alpha value is -2.56. The molecule has 2 heterocycles. The van der Waals surface area contributed by atoms with Crippen molar-refractivity contribution in [3.8, 4) is 0 Å². The van der Waals surface area contributed by atoms with Crippen molar-refractivity contribution in [1.29, 1.82) is 0 Å². The molecule has 1 atom stereocenters. The fourth-order valence-electron chi connectivity index (χ4n) is 3.17. The molecular formula is C18H20N2O3. The van der Waals surface area contributed by atoms with Crippen molar-refractivity contribution in [1.82, 2.24) is 4.57 Å². The lowest BCUT2D eigenvalue weighted by Crippen LogP contribution is -2.38. The monoisotopic (exact) mass is 312 g/mol. The average Bonchev–Trinajstić information content (AvgIpc) is 2.57. The number of hydrogen-bond donors (Lipinski definition) is 1. The first-order valence-electron chi connectivity index (χ1n) is 7.82. The number of aliphatic carboxylic acids is 1. The third-order valence-electron chi connectivity index (χ3n) is 4.42. The molecule has 1 aliphatic heterocycles. The first-order valence-corrected chi connectivity index (χ1v) is 7.82. The topological polar surface area (TPSA) is 62.5 Å². The molecule has 0 amide bonds. The van der Waals surface area contributed by atoms with Crippen molar-refractivity contribution in [2.45, 2.75) is 19.4 Å². The number of anilines is 1. The molecule has 0 saturated carbocycles. The van der Waals surface area contributed by atoms with Crippen LogP contribution in [0.15, 0.2) is 47.9 Å². The minimum absolute atomic E-state index is 0.0315. The summed E-state index contributed by atoms with van der Waals surface area (Å²) in [6.45, 7) is 5.52. The van der Waals surface area contributed by atoms with E-state index in [9.17, 15) is 14.7 Å². The van der Waals surface area contributed by atoms with Crippen molar-refractivity contribution in [3.05, 3.63) is 53.5 Å². The highest BCUT2D eigenvalue weighted by molar-refractivity contribution is 5.85. The molecule has 23 heavy (non-hydrogen) atoms. The number of piperidine rings is 1. The van der Waals surface area contributed by atoms with Crippen LogP contribution < -0.4 is 10.5 Å². The maximum atomic E-state index is 12.4. The molecule has 120 valence electrons. The molecule has 1 unspecified atom stereocenters. The van der Waals surface area contributed by atoms with E-state index in [1.807, 2.05) is 24.3 Å². The summed E-state index contributed by atoms with van der Waals surface area (Å²) in [6.07, 6.45) is 5.06. The second kappa shape index (κ2) is 6.28. The first-order chi connectivity index (χ1) is 11.1. The van der Waals surface area contributed by atoms with Gasteiger partial charge in [-0.3, -0.25) is 9.59 Å². The predicted molar refractivity (Wildman–Crippen MR) is 91.0 cm³/mol. The average molecular weight is 312 g/mol. The molecule has 1 aliphatic rings. The lowest BCUT2D eigenvalue weighted by atomic mass is 9.97. The van der Waals surface area contributed by atoms with E-state index in [0.717, 1.165) is 30.5 Å². The highest BCUT2D eigenvalue weighted by Gasteiger charge is 2.25. The van der Waals surface area contributed by atoms with E-state index in [1.165, 1.54) is 0 Å². The highest BCUT2D eigenvalue weighted by atomic mass is 16.4. The summed E-state index contributed by atoms with van der Waals surface area (Å²) < 4.78 is 1.62. The zero-order valence-electron chi connectivity index (χ0n) is 12.9. The standard InChI is InChI=1S/C18H20N2O3/c1-2-8-19-10-7-13-11-15(5-6-16(13)17(19)21)20-9-3-4-14(12-20)18(22)23/h2,5-7,10-11,14H,1,3-4,8-9,12H2,(H,22,23). The summed E-state index contributed by atoms with van der Waals surface area (Å²) in [4.78, 5) is 25.7. The first kappa shape index (κ1) is 15.3. The quantitative estimate of drug-likeness (QED) is 0.881. The van der Waals surface area contributed by atoms with Gasteiger partial charge in [0.2, 0.25) is 0 Å². The van der Waals surface area contributed by atoms with Crippen LogP contribution in [0.5, 0.6) is 0 Å². The Morgan fingerprint density at radius 3 is 2.96 bits per heavy atom. The Morgan fingerprint density at radius 1 is 1.39 bits per heavy atom. The number of fused-ring (bicyclic) bond motifs is 1. The second-order valence-corrected chi connectivity index (χ2v) is 5.96. The largest absolute Gasteiger partial charge is 0.481 e. The van der Waals surface area contributed by atoms with Crippen LogP contribution >= 0.6 is 0 Å². The van der Waals surface area contributed by atoms with Crippen molar-refractivity contribution < 1.29 is 9.90 Å². The van der Waals surface area contributed by atoms with Gasteiger partial charge in [-0.1, -0.05) is 6.08 Å². The fraction of sp³-hybridized carbons (Fsp3) is 0.333. The van der Waals surface area contributed by atoms with E-state index in [-0.39, 0.29) is 11.5 Å². The third-order valence-corrected chi connectivity index (χ3v) is 4.42. The van der Waals surface area contributed by atoms with E-state index >= 15 is 0 Å². The molecule has 5 nitrogen and oxygen atoms in total. The minimum Gasteiger partial charge on any atom is -0.481 e. The molecule has 1 fully saturated rings. The van der Waals surface area contributed by atoms with Gasteiger partial charge in [-0.05, 0) is 42.5 Å². The Labute approximate surface area is 134 Å². The van der Waals surface area contributed by atoms with Gasteiger partial charge in [0.25, 0.3) is 5.56 Å². The fourth-order valence-corrected chi connectivity index (χ4v) is 3.17. The van der Waals surface area contributed by atoms with Crippen LogP contribution in [0.4, 0.5) is 5.69 Å². The number of carboxylic acid groups (broad SMARTS) is 1. The zero-order valence-corrected chi connectivity index (χ0v) is 12.9. The Morgan fingerprint density at radius 2 is 2.22 bits per heavy atom. The van der Waals surface area contributed by atoms with Gasteiger partial charge in [0, 0.05) is 36.9 Å². The van der Waals surface area contributed by atoms with E-state index in [0.29, 0.717) is 18.5 Å². The summed E-state index contributed by atoms with van der Waals surface area (Å²) in [7, 11) is 0. The molecule has 2 aromatic rings. The summed E-state index contributed by atoms with van der Waals surface area (Å²) >= 11 is 0. The van der Waals surface area contributed by atoms with Gasteiger partial charge in [0.05, 0.1) is 5.92 Å². The van der Waals surface area contributed by atoms with Gasteiger partial charge in [0.15, 0.2) is 0 Å².